The van der Waals surface area contributed by atoms with Gasteiger partial charge < -0.3 is 15.4 Å². The summed E-state index contributed by atoms with van der Waals surface area (Å²) in [7, 11) is -2.14. The van der Waals surface area contributed by atoms with Crippen LogP contribution in [0.3, 0.4) is 0 Å². The van der Waals surface area contributed by atoms with E-state index in [0.29, 0.717) is 55.2 Å². The van der Waals surface area contributed by atoms with E-state index in [-0.39, 0.29) is 23.3 Å². The maximum Gasteiger partial charge on any atom is 0.253 e. The number of halogens is 1. The summed E-state index contributed by atoms with van der Waals surface area (Å²) in [5.41, 5.74) is 0.745. The second kappa shape index (κ2) is 11.6. The number of sulfonamides is 1. The van der Waals surface area contributed by atoms with Crippen molar-refractivity contribution in [3.63, 3.8) is 0 Å². The van der Waals surface area contributed by atoms with Crippen LogP contribution in [0.5, 0.6) is 0 Å². The molecule has 2 amide bonds. The van der Waals surface area contributed by atoms with Gasteiger partial charge in [-0.05, 0) is 55.7 Å². The molecule has 1 saturated heterocycles. The highest BCUT2D eigenvalue weighted by Crippen LogP contribution is 2.26. The van der Waals surface area contributed by atoms with Crippen molar-refractivity contribution in [2.75, 3.05) is 38.7 Å². The van der Waals surface area contributed by atoms with E-state index in [1.54, 1.807) is 31.4 Å². The van der Waals surface area contributed by atoms with Gasteiger partial charge >= 0.3 is 0 Å². The Labute approximate surface area is 199 Å². The minimum Gasteiger partial charge on any atom is -0.385 e. The number of ether oxygens (including phenoxy) is 1. The predicted octanol–water partition coefficient (Wildman–Crippen LogP) is 3.15. The summed E-state index contributed by atoms with van der Waals surface area (Å²) < 4.78 is 32.3. The van der Waals surface area contributed by atoms with E-state index in [9.17, 15) is 18.0 Å². The third kappa shape index (κ3) is 6.54. The van der Waals surface area contributed by atoms with Gasteiger partial charge in [0.2, 0.25) is 15.9 Å². The molecule has 0 radical (unpaired) electrons. The fourth-order valence-corrected chi connectivity index (χ4v) is 5.32. The number of hydrogen-bond donors (Lipinski definition) is 2. The van der Waals surface area contributed by atoms with Crippen molar-refractivity contribution >= 4 is 39.1 Å². The van der Waals surface area contributed by atoms with Crippen LogP contribution in [-0.2, 0) is 19.6 Å². The second-order valence-electron chi connectivity index (χ2n) is 7.79. The van der Waals surface area contributed by atoms with Crippen LogP contribution in [0, 0.1) is 5.92 Å². The van der Waals surface area contributed by atoms with Crippen molar-refractivity contribution in [2.45, 2.75) is 24.2 Å². The standard InChI is InChI=1S/C23H28ClN3O5S/c1-32-15-5-13-25-23(29)20-7-2-3-8-21(20)26-22(28)17-6-4-14-27(16-17)33(30,31)19-11-9-18(24)10-12-19/h2-3,7-12,17H,4-6,13-16H2,1H3,(H,25,29)(H,26,28)/t17-/m0/s1. The molecule has 0 unspecified atom stereocenters. The maximum atomic E-state index is 13.0. The Kier molecular flexibility index (Phi) is 8.85. The molecule has 2 aromatic rings. The molecule has 1 aliphatic rings. The fourth-order valence-electron chi connectivity index (χ4n) is 3.67. The molecule has 10 heteroatoms. The van der Waals surface area contributed by atoms with Crippen molar-refractivity contribution < 1.29 is 22.7 Å². The van der Waals surface area contributed by atoms with Crippen LogP contribution in [0.25, 0.3) is 0 Å². The van der Waals surface area contributed by atoms with E-state index in [0.717, 1.165) is 0 Å². The lowest BCUT2D eigenvalue weighted by atomic mass is 9.98. The topological polar surface area (TPSA) is 105 Å². The number of amides is 2. The Morgan fingerprint density at radius 1 is 1.15 bits per heavy atom. The van der Waals surface area contributed by atoms with Crippen molar-refractivity contribution in [1.29, 1.82) is 0 Å². The Hall–Kier alpha value is -2.46. The molecule has 8 nitrogen and oxygen atoms in total. The molecule has 0 aromatic heterocycles. The first-order chi connectivity index (χ1) is 15.8. The number of piperidine rings is 1. The van der Waals surface area contributed by atoms with Crippen LogP contribution in [0.1, 0.15) is 29.6 Å². The molecule has 178 valence electrons. The summed E-state index contributed by atoms with van der Waals surface area (Å²) in [5, 5.41) is 6.08. The largest absolute Gasteiger partial charge is 0.385 e. The van der Waals surface area contributed by atoms with Gasteiger partial charge in [-0.15, -0.1) is 0 Å². The Morgan fingerprint density at radius 2 is 1.88 bits per heavy atom. The Balaban J connectivity index is 1.67. The highest BCUT2D eigenvalue weighted by Gasteiger charge is 2.33. The van der Waals surface area contributed by atoms with Gasteiger partial charge in [-0.25, -0.2) is 8.42 Å². The number of carbonyl (C=O) groups is 2. The Bertz CT molecular complexity index is 1080. The molecule has 1 fully saturated rings. The number of rotatable bonds is 9. The molecule has 1 heterocycles. The molecule has 0 spiro atoms. The zero-order valence-electron chi connectivity index (χ0n) is 18.4. The van der Waals surface area contributed by atoms with E-state index in [2.05, 4.69) is 10.6 Å². The highest BCUT2D eigenvalue weighted by atomic mass is 35.5. The molecule has 33 heavy (non-hydrogen) atoms. The van der Waals surface area contributed by atoms with Gasteiger partial charge in [0.05, 0.1) is 22.1 Å². The van der Waals surface area contributed by atoms with Gasteiger partial charge in [-0.2, -0.15) is 4.31 Å². The summed E-state index contributed by atoms with van der Waals surface area (Å²) in [6.45, 7) is 1.41. The van der Waals surface area contributed by atoms with E-state index in [1.165, 1.54) is 28.6 Å². The molecule has 3 rings (SSSR count). The van der Waals surface area contributed by atoms with Crippen molar-refractivity contribution in [3.05, 3.63) is 59.1 Å². The molecular formula is C23H28ClN3O5S. The minimum atomic E-state index is -3.73. The number of methoxy groups -OCH3 is 1. The first-order valence-electron chi connectivity index (χ1n) is 10.8. The third-order valence-corrected chi connectivity index (χ3v) is 7.58. The van der Waals surface area contributed by atoms with Gasteiger partial charge in [-0.1, -0.05) is 23.7 Å². The van der Waals surface area contributed by atoms with Gasteiger partial charge in [0, 0.05) is 38.4 Å². The average molecular weight is 494 g/mol. The van der Waals surface area contributed by atoms with Crippen LogP contribution in [0.2, 0.25) is 5.02 Å². The number of nitrogens with one attached hydrogen (secondary N) is 2. The smallest absolute Gasteiger partial charge is 0.253 e. The molecule has 2 aromatic carbocycles. The minimum absolute atomic E-state index is 0.0716. The van der Waals surface area contributed by atoms with E-state index in [1.807, 2.05) is 0 Å². The van der Waals surface area contributed by atoms with Crippen LogP contribution in [-0.4, -0.2) is 57.9 Å². The second-order valence-corrected chi connectivity index (χ2v) is 10.2. The summed E-state index contributed by atoms with van der Waals surface area (Å²) >= 11 is 5.87. The number of hydrogen-bond acceptors (Lipinski definition) is 5. The number of carbonyl (C=O) groups excluding carboxylic acids is 2. The number of anilines is 1. The van der Waals surface area contributed by atoms with Crippen molar-refractivity contribution in [2.24, 2.45) is 5.92 Å². The number of para-hydroxylation sites is 1. The van der Waals surface area contributed by atoms with Crippen molar-refractivity contribution in [1.82, 2.24) is 9.62 Å². The highest BCUT2D eigenvalue weighted by molar-refractivity contribution is 7.89. The van der Waals surface area contributed by atoms with E-state index >= 15 is 0 Å². The van der Waals surface area contributed by atoms with Crippen LogP contribution in [0.4, 0.5) is 5.69 Å². The van der Waals surface area contributed by atoms with Gasteiger partial charge in [0.15, 0.2) is 0 Å². The fraction of sp³-hybridized carbons (Fsp3) is 0.391. The maximum absolute atomic E-state index is 13.0. The molecule has 0 aliphatic carbocycles. The summed E-state index contributed by atoms with van der Waals surface area (Å²) in [6.07, 6.45) is 1.80. The zero-order valence-corrected chi connectivity index (χ0v) is 20.0. The normalized spacial score (nSPS) is 16.8. The lowest BCUT2D eigenvalue weighted by Crippen LogP contribution is -2.43. The predicted molar refractivity (Wildman–Crippen MR) is 127 cm³/mol. The summed E-state index contributed by atoms with van der Waals surface area (Å²) in [5.74, 6) is -1.14. The lowest BCUT2D eigenvalue weighted by Gasteiger charge is -2.31. The monoisotopic (exact) mass is 493 g/mol. The first-order valence-corrected chi connectivity index (χ1v) is 12.6. The van der Waals surface area contributed by atoms with Crippen LogP contribution >= 0.6 is 11.6 Å². The Morgan fingerprint density at radius 3 is 2.61 bits per heavy atom. The molecule has 0 saturated carbocycles. The summed E-state index contributed by atoms with van der Waals surface area (Å²) in [6, 6.07) is 12.7. The molecule has 1 atom stereocenters. The number of nitrogens with zero attached hydrogens (tertiary/aromatic N) is 1. The van der Waals surface area contributed by atoms with Gasteiger partial charge in [0.25, 0.3) is 5.91 Å². The van der Waals surface area contributed by atoms with Crippen molar-refractivity contribution in [3.8, 4) is 0 Å². The molecular weight excluding hydrogens is 466 g/mol. The molecule has 1 aliphatic heterocycles. The van der Waals surface area contributed by atoms with Crippen LogP contribution in [0.15, 0.2) is 53.4 Å². The number of benzene rings is 2. The van der Waals surface area contributed by atoms with Gasteiger partial charge in [0.1, 0.15) is 0 Å². The zero-order chi connectivity index (χ0) is 23.8. The molecule has 2 N–H and O–H groups in total. The average Bonchev–Trinajstić information content (AvgIpc) is 2.82. The first kappa shape index (κ1) is 25.2. The molecule has 0 bridgehead atoms. The van der Waals surface area contributed by atoms with Gasteiger partial charge in [-0.3, -0.25) is 9.59 Å². The van der Waals surface area contributed by atoms with E-state index < -0.39 is 15.9 Å². The quantitative estimate of drug-likeness (QED) is 0.522. The van der Waals surface area contributed by atoms with Crippen LogP contribution < -0.4 is 10.6 Å². The third-order valence-electron chi connectivity index (χ3n) is 5.45. The van der Waals surface area contributed by atoms with E-state index in [4.69, 9.17) is 16.3 Å². The lowest BCUT2D eigenvalue weighted by molar-refractivity contribution is -0.120. The SMILES string of the molecule is COCCCNC(=O)c1ccccc1NC(=O)[C@H]1CCCN(S(=O)(=O)c2ccc(Cl)cc2)C1. The summed E-state index contributed by atoms with van der Waals surface area (Å²) in [4.78, 5) is 25.7.